The maximum atomic E-state index is 12.5. The summed E-state index contributed by atoms with van der Waals surface area (Å²) in [6.45, 7) is 0. The first kappa shape index (κ1) is 6.35. The van der Waals surface area contributed by atoms with Gasteiger partial charge in [0.15, 0.2) is 6.17 Å². The van der Waals surface area contributed by atoms with Crippen molar-refractivity contribution in [3.8, 4) is 12.3 Å². The number of allylic oxidation sites excluding steroid dienone is 2. The zero-order valence-corrected chi connectivity index (χ0v) is 5.18. The van der Waals surface area contributed by atoms with Gasteiger partial charge in [0.2, 0.25) is 0 Å². The van der Waals surface area contributed by atoms with Crippen LogP contribution in [-0.4, -0.2) is 6.17 Å². The molecule has 0 aliphatic heterocycles. The van der Waals surface area contributed by atoms with Crippen LogP contribution in [0, 0.1) is 18.3 Å². The third-order valence-electron chi connectivity index (χ3n) is 1.59. The Labute approximate surface area is 54.8 Å². The Bertz CT molecular complexity index is 152. The van der Waals surface area contributed by atoms with Gasteiger partial charge in [-0.05, 0) is 12.8 Å². The van der Waals surface area contributed by atoms with Crippen LogP contribution >= 0.6 is 0 Å². The highest BCUT2D eigenvalue weighted by Crippen LogP contribution is 2.21. The van der Waals surface area contributed by atoms with Crippen molar-refractivity contribution in [3.05, 3.63) is 12.2 Å². The van der Waals surface area contributed by atoms with Crippen molar-refractivity contribution in [1.82, 2.24) is 0 Å². The Hall–Kier alpha value is -0.770. The molecule has 0 N–H and O–H groups in total. The molecule has 0 spiro atoms. The molecule has 0 heterocycles. The van der Waals surface area contributed by atoms with Gasteiger partial charge in [0.25, 0.3) is 0 Å². The van der Waals surface area contributed by atoms with Gasteiger partial charge in [-0.2, -0.15) is 0 Å². The number of hydrogen-bond donors (Lipinski definition) is 0. The van der Waals surface area contributed by atoms with Gasteiger partial charge in [-0.1, -0.05) is 18.1 Å². The largest absolute Gasteiger partial charge is 0.233 e. The van der Waals surface area contributed by atoms with Crippen LogP contribution in [0.5, 0.6) is 0 Å². The van der Waals surface area contributed by atoms with Crippen molar-refractivity contribution in [2.24, 2.45) is 5.92 Å². The summed E-state index contributed by atoms with van der Waals surface area (Å²) in [5, 5.41) is 0. The van der Waals surface area contributed by atoms with E-state index < -0.39 is 6.17 Å². The lowest BCUT2D eigenvalue weighted by Crippen LogP contribution is -2.07. The fourth-order valence-electron chi connectivity index (χ4n) is 1.02. The lowest BCUT2D eigenvalue weighted by molar-refractivity contribution is 0.330. The molecule has 1 heteroatoms. The molecule has 0 nitrogen and oxygen atoms in total. The van der Waals surface area contributed by atoms with Crippen molar-refractivity contribution in [3.63, 3.8) is 0 Å². The molecule has 1 aliphatic rings. The Kier molecular flexibility index (Phi) is 1.89. The standard InChI is InChI=1S/C8H9F/c1-2-8(9)7-5-3-4-6-7/h1,3,5,7-8H,4,6H2. The minimum absolute atomic E-state index is 0.00463. The maximum Gasteiger partial charge on any atom is 0.166 e. The lowest BCUT2D eigenvalue weighted by Gasteiger charge is -2.05. The predicted octanol–water partition coefficient (Wildman–Crippen LogP) is 1.92. The molecular weight excluding hydrogens is 115 g/mol. The summed E-state index contributed by atoms with van der Waals surface area (Å²) in [6.07, 6.45) is 9.53. The maximum absolute atomic E-state index is 12.5. The first-order valence-electron chi connectivity index (χ1n) is 3.11. The lowest BCUT2D eigenvalue weighted by atomic mass is 10.0. The summed E-state index contributed by atoms with van der Waals surface area (Å²) in [6, 6.07) is 0. The van der Waals surface area contributed by atoms with E-state index in [-0.39, 0.29) is 5.92 Å². The molecule has 0 saturated heterocycles. The first-order valence-corrected chi connectivity index (χ1v) is 3.11. The van der Waals surface area contributed by atoms with E-state index in [1.807, 2.05) is 12.2 Å². The molecule has 2 atom stereocenters. The second kappa shape index (κ2) is 2.68. The van der Waals surface area contributed by atoms with E-state index in [9.17, 15) is 4.39 Å². The third kappa shape index (κ3) is 1.32. The quantitative estimate of drug-likeness (QED) is 0.370. The fourth-order valence-corrected chi connectivity index (χ4v) is 1.02. The van der Waals surface area contributed by atoms with Crippen molar-refractivity contribution in [2.75, 3.05) is 0 Å². The van der Waals surface area contributed by atoms with Gasteiger partial charge in [0.1, 0.15) is 0 Å². The zero-order valence-electron chi connectivity index (χ0n) is 5.18. The molecule has 9 heavy (non-hydrogen) atoms. The smallest absolute Gasteiger partial charge is 0.166 e. The third-order valence-corrected chi connectivity index (χ3v) is 1.59. The van der Waals surface area contributed by atoms with Gasteiger partial charge in [-0.25, -0.2) is 4.39 Å². The number of rotatable bonds is 1. The highest BCUT2D eigenvalue weighted by Gasteiger charge is 2.17. The highest BCUT2D eigenvalue weighted by atomic mass is 19.1. The van der Waals surface area contributed by atoms with Gasteiger partial charge in [0.05, 0.1) is 0 Å². The number of halogens is 1. The topological polar surface area (TPSA) is 0 Å². The Balaban J connectivity index is 2.45. The van der Waals surface area contributed by atoms with Gasteiger partial charge >= 0.3 is 0 Å². The number of hydrogen-bond acceptors (Lipinski definition) is 0. The van der Waals surface area contributed by atoms with Crippen molar-refractivity contribution in [2.45, 2.75) is 19.0 Å². The van der Waals surface area contributed by atoms with Crippen molar-refractivity contribution in [1.29, 1.82) is 0 Å². The molecule has 2 unspecified atom stereocenters. The SMILES string of the molecule is C#CC(F)C1C=CCC1. The second-order valence-electron chi connectivity index (χ2n) is 2.24. The van der Waals surface area contributed by atoms with E-state index in [4.69, 9.17) is 6.42 Å². The van der Waals surface area contributed by atoms with Crippen LogP contribution < -0.4 is 0 Å². The summed E-state index contributed by atoms with van der Waals surface area (Å²) in [4.78, 5) is 0. The van der Waals surface area contributed by atoms with Crippen LogP contribution in [0.3, 0.4) is 0 Å². The zero-order chi connectivity index (χ0) is 6.69. The van der Waals surface area contributed by atoms with E-state index in [0.29, 0.717) is 0 Å². The van der Waals surface area contributed by atoms with Crippen LogP contribution in [0.25, 0.3) is 0 Å². The summed E-state index contributed by atoms with van der Waals surface area (Å²) in [5.41, 5.74) is 0. The monoisotopic (exact) mass is 124 g/mol. The highest BCUT2D eigenvalue weighted by molar-refractivity contribution is 5.08. The van der Waals surface area contributed by atoms with Crippen LogP contribution in [-0.2, 0) is 0 Å². The Morgan fingerprint density at radius 3 is 3.00 bits per heavy atom. The molecule has 0 saturated carbocycles. The van der Waals surface area contributed by atoms with Crippen molar-refractivity contribution < 1.29 is 4.39 Å². The van der Waals surface area contributed by atoms with Crippen LogP contribution in [0.4, 0.5) is 4.39 Å². The average Bonchev–Trinajstić information content (AvgIpc) is 2.37. The van der Waals surface area contributed by atoms with E-state index in [1.54, 1.807) is 0 Å². The Morgan fingerprint density at radius 2 is 2.56 bits per heavy atom. The average molecular weight is 124 g/mol. The number of terminal acetylenes is 1. The van der Waals surface area contributed by atoms with Gasteiger partial charge in [-0.3, -0.25) is 0 Å². The molecule has 0 aromatic heterocycles. The molecule has 0 bridgehead atoms. The van der Waals surface area contributed by atoms with E-state index in [2.05, 4.69) is 5.92 Å². The summed E-state index contributed by atoms with van der Waals surface area (Å²) < 4.78 is 12.5. The van der Waals surface area contributed by atoms with E-state index in [1.165, 1.54) is 0 Å². The first-order chi connectivity index (χ1) is 4.34. The molecule has 0 fully saturated rings. The molecular formula is C8H9F. The predicted molar refractivity (Wildman–Crippen MR) is 35.6 cm³/mol. The summed E-state index contributed by atoms with van der Waals surface area (Å²) in [5.74, 6) is 2.08. The van der Waals surface area contributed by atoms with Crippen molar-refractivity contribution >= 4 is 0 Å². The molecule has 0 aromatic rings. The van der Waals surface area contributed by atoms with Gasteiger partial charge in [0, 0.05) is 5.92 Å². The summed E-state index contributed by atoms with van der Waals surface area (Å²) >= 11 is 0. The van der Waals surface area contributed by atoms with Gasteiger partial charge in [-0.15, -0.1) is 6.42 Å². The number of alkyl halides is 1. The van der Waals surface area contributed by atoms with E-state index in [0.717, 1.165) is 12.8 Å². The normalized spacial score (nSPS) is 27.8. The van der Waals surface area contributed by atoms with Gasteiger partial charge < -0.3 is 0 Å². The van der Waals surface area contributed by atoms with E-state index >= 15 is 0 Å². The molecule has 0 amide bonds. The minimum Gasteiger partial charge on any atom is -0.233 e. The molecule has 1 rings (SSSR count). The molecule has 0 aromatic carbocycles. The van der Waals surface area contributed by atoms with Crippen LogP contribution in [0.1, 0.15) is 12.8 Å². The van der Waals surface area contributed by atoms with Crippen LogP contribution in [0.15, 0.2) is 12.2 Å². The van der Waals surface area contributed by atoms with Crippen LogP contribution in [0.2, 0.25) is 0 Å². The fraction of sp³-hybridized carbons (Fsp3) is 0.500. The molecule has 0 radical (unpaired) electrons. The molecule has 1 aliphatic carbocycles. The second-order valence-corrected chi connectivity index (χ2v) is 2.24. The minimum atomic E-state index is -1.07. The summed E-state index contributed by atoms with van der Waals surface area (Å²) in [7, 11) is 0. The Morgan fingerprint density at radius 1 is 1.78 bits per heavy atom. The molecule has 48 valence electrons.